The van der Waals surface area contributed by atoms with Crippen molar-refractivity contribution in [1.29, 1.82) is 0 Å². The van der Waals surface area contributed by atoms with Gasteiger partial charge in [-0.05, 0) is 6.42 Å². The maximum absolute atomic E-state index is 10.1. The van der Waals surface area contributed by atoms with Crippen molar-refractivity contribution < 1.29 is 20.1 Å². The van der Waals surface area contributed by atoms with Gasteiger partial charge in [0.25, 0.3) is 5.79 Å². The summed E-state index contributed by atoms with van der Waals surface area (Å²) in [5.41, 5.74) is 0. The fraction of sp³-hybridized carbons (Fsp3) is 0.857. The van der Waals surface area contributed by atoms with Gasteiger partial charge in [0.15, 0.2) is 0 Å². The SMILES string of the molecule is CCCCCC(O)(O)C(=O)O.[NaH]. The minimum absolute atomic E-state index is 0. The molecule has 3 N–H and O–H groups in total. The van der Waals surface area contributed by atoms with Crippen LogP contribution >= 0.6 is 0 Å². The Morgan fingerprint density at radius 2 is 1.83 bits per heavy atom. The van der Waals surface area contributed by atoms with Crippen LogP contribution in [-0.2, 0) is 4.79 Å². The van der Waals surface area contributed by atoms with Crippen molar-refractivity contribution in [3.05, 3.63) is 0 Å². The molecule has 0 aliphatic carbocycles. The topological polar surface area (TPSA) is 77.8 Å². The number of carboxylic acid groups (broad SMARTS) is 1. The van der Waals surface area contributed by atoms with E-state index in [0.29, 0.717) is 6.42 Å². The summed E-state index contributed by atoms with van der Waals surface area (Å²) in [6, 6.07) is 0. The van der Waals surface area contributed by atoms with Gasteiger partial charge >= 0.3 is 35.5 Å². The first-order valence-corrected chi connectivity index (χ1v) is 3.69. The van der Waals surface area contributed by atoms with Gasteiger partial charge in [0.2, 0.25) is 0 Å². The molecular weight excluding hydrogens is 171 g/mol. The van der Waals surface area contributed by atoms with E-state index in [4.69, 9.17) is 15.3 Å². The molecule has 0 atom stereocenters. The zero-order chi connectivity index (χ0) is 8.91. The number of carbonyl (C=O) groups is 1. The molecule has 0 fully saturated rings. The van der Waals surface area contributed by atoms with Crippen LogP contribution in [0.5, 0.6) is 0 Å². The number of hydrogen-bond donors (Lipinski definition) is 3. The van der Waals surface area contributed by atoms with Crippen molar-refractivity contribution in [2.24, 2.45) is 0 Å². The molecule has 0 heterocycles. The van der Waals surface area contributed by atoms with Gasteiger partial charge in [-0.25, -0.2) is 4.79 Å². The zero-order valence-electron chi connectivity index (χ0n) is 6.58. The van der Waals surface area contributed by atoms with E-state index < -0.39 is 11.8 Å². The molecule has 68 valence electrons. The van der Waals surface area contributed by atoms with Crippen molar-refractivity contribution in [2.45, 2.75) is 38.4 Å². The third-order valence-electron chi connectivity index (χ3n) is 1.47. The van der Waals surface area contributed by atoms with Crippen LogP contribution in [0.2, 0.25) is 0 Å². The van der Waals surface area contributed by atoms with E-state index in [0.717, 1.165) is 12.8 Å². The van der Waals surface area contributed by atoms with Gasteiger partial charge in [0.05, 0.1) is 0 Å². The third-order valence-corrected chi connectivity index (χ3v) is 1.47. The molecule has 0 aliphatic rings. The van der Waals surface area contributed by atoms with Crippen molar-refractivity contribution in [3.63, 3.8) is 0 Å². The van der Waals surface area contributed by atoms with Crippen LogP contribution in [0, 0.1) is 0 Å². The van der Waals surface area contributed by atoms with Crippen LogP contribution in [0.15, 0.2) is 0 Å². The molecule has 0 radical (unpaired) electrons. The van der Waals surface area contributed by atoms with Gasteiger partial charge in [-0.2, -0.15) is 0 Å². The molecule has 0 saturated carbocycles. The summed E-state index contributed by atoms with van der Waals surface area (Å²) < 4.78 is 0. The van der Waals surface area contributed by atoms with E-state index in [1.54, 1.807) is 0 Å². The second-order valence-corrected chi connectivity index (χ2v) is 2.58. The first-order valence-electron chi connectivity index (χ1n) is 3.69. The Labute approximate surface area is 93.9 Å². The van der Waals surface area contributed by atoms with Gasteiger partial charge < -0.3 is 15.3 Å². The van der Waals surface area contributed by atoms with Gasteiger partial charge in [0.1, 0.15) is 0 Å². The number of rotatable bonds is 5. The second-order valence-electron chi connectivity index (χ2n) is 2.58. The molecule has 0 aromatic rings. The van der Waals surface area contributed by atoms with Gasteiger partial charge in [-0.3, -0.25) is 0 Å². The summed E-state index contributed by atoms with van der Waals surface area (Å²) in [6.45, 7) is 1.96. The number of hydrogen-bond acceptors (Lipinski definition) is 3. The summed E-state index contributed by atoms with van der Waals surface area (Å²) in [7, 11) is 0. The quantitative estimate of drug-likeness (QED) is 0.312. The Morgan fingerprint density at radius 1 is 1.33 bits per heavy atom. The molecule has 0 unspecified atom stereocenters. The first-order chi connectivity index (χ1) is 5.00. The van der Waals surface area contributed by atoms with Crippen LogP contribution in [0.3, 0.4) is 0 Å². The fourth-order valence-electron chi connectivity index (χ4n) is 0.728. The molecule has 12 heavy (non-hydrogen) atoms. The molecule has 0 bridgehead atoms. The van der Waals surface area contributed by atoms with E-state index in [1.807, 2.05) is 6.92 Å². The van der Waals surface area contributed by atoms with Crippen molar-refractivity contribution in [1.82, 2.24) is 0 Å². The van der Waals surface area contributed by atoms with Crippen LogP contribution in [0.1, 0.15) is 32.6 Å². The maximum atomic E-state index is 10.1. The Balaban J connectivity index is 0. The Bertz CT molecular complexity index is 135. The van der Waals surface area contributed by atoms with Crippen molar-refractivity contribution in [2.75, 3.05) is 0 Å². The van der Waals surface area contributed by atoms with E-state index in [-0.39, 0.29) is 36.0 Å². The summed E-state index contributed by atoms with van der Waals surface area (Å²) in [6.07, 6.45) is 2.16. The van der Waals surface area contributed by atoms with E-state index in [1.165, 1.54) is 0 Å². The Kier molecular flexibility index (Phi) is 8.51. The molecule has 0 rings (SSSR count). The normalized spacial score (nSPS) is 10.6. The second kappa shape index (κ2) is 6.86. The summed E-state index contributed by atoms with van der Waals surface area (Å²) >= 11 is 0. The molecule has 0 aliphatic heterocycles. The molecular formula is C7H15NaO4. The molecule has 0 aromatic heterocycles. The molecule has 0 saturated heterocycles. The van der Waals surface area contributed by atoms with Crippen molar-refractivity contribution in [3.8, 4) is 0 Å². The number of aliphatic carboxylic acids is 1. The number of carboxylic acids is 1. The van der Waals surface area contributed by atoms with E-state index >= 15 is 0 Å². The fourth-order valence-corrected chi connectivity index (χ4v) is 0.728. The summed E-state index contributed by atoms with van der Waals surface area (Å²) in [5.74, 6) is -4.11. The molecule has 4 nitrogen and oxygen atoms in total. The molecule has 0 aromatic carbocycles. The Morgan fingerprint density at radius 3 is 2.17 bits per heavy atom. The van der Waals surface area contributed by atoms with Crippen LogP contribution in [-0.4, -0.2) is 56.6 Å². The average Bonchev–Trinajstić information content (AvgIpc) is 1.88. The number of aliphatic hydroxyl groups is 2. The Hall–Kier alpha value is 0.390. The average molecular weight is 186 g/mol. The van der Waals surface area contributed by atoms with Gasteiger partial charge in [-0.15, -0.1) is 0 Å². The van der Waals surface area contributed by atoms with Crippen LogP contribution in [0.25, 0.3) is 0 Å². The zero-order valence-corrected chi connectivity index (χ0v) is 6.58. The van der Waals surface area contributed by atoms with Gasteiger partial charge in [-0.1, -0.05) is 19.8 Å². The van der Waals surface area contributed by atoms with Crippen LogP contribution < -0.4 is 0 Å². The number of unbranched alkanes of at least 4 members (excludes halogenated alkanes) is 2. The molecule has 0 spiro atoms. The van der Waals surface area contributed by atoms with Crippen molar-refractivity contribution >= 4 is 35.5 Å². The summed E-state index contributed by atoms with van der Waals surface area (Å²) in [4.78, 5) is 10.1. The monoisotopic (exact) mass is 186 g/mol. The van der Waals surface area contributed by atoms with E-state index in [2.05, 4.69) is 0 Å². The standard InChI is InChI=1S/C7H14O4.Na.H/c1-2-3-4-5-7(10,11)6(8)9;;/h10-11H,2-5H2,1H3,(H,8,9);;. The predicted octanol–water partition coefficient (Wildman–Crippen LogP) is -0.316. The first kappa shape index (κ1) is 14.9. The molecule has 5 heteroatoms. The summed E-state index contributed by atoms with van der Waals surface area (Å²) in [5, 5.41) is 25.8. The van der Waals surface area contributed by atoms with Gasteiger partial charge in [0, 0.05) is 6.42 Å². The van der Waals surface area contributed by atoms with E-state index in [9.17, 15) is 4.79 Å². The molecule has 0 amide bonds. The van der Waals surface area contributed by atoms with Crippen LogP contribution in [0.4, 0.5) is 0 Å². The third kappa shape index (κ3) is 5.97. The predicted molar refractivity (Wildman–Crippen MR) is 46.1 cm³/mol. The minimum atomic E-state index is -2.53.